The Labute approximate surface area is 153 Å². The molecule has 0 saturated heterocycles. The lowest BCUT2D eigenvalue weighted by atomic mass is 10.2. The number of rotatable bonds is 7. The predicted molar refractivity (Wildman–Crippen MR) is 91.3 cm³/mol. The van der Waals surface area contributed by atoms with Gasteiger partial charge in [0.25, 0.3) is 10.0 Å². The Morgan fingerprint density at radius 3 is 2.38 bits per heavy atom. The minimum absolute atomic E-state index is 0.0612. The number of sulfonamides is 1. The van der Waals surface area contributed by atoms with Crippen molar-refractivity contribution in [3.8, 4) is 5.75 Å². The molecule has 26 heavy (non-hydrogen) atoms. The quantitative estimate of drug-likeness (QED) is 0.706. The van der Waals surface area contributed by atoms with Gasteiger partial charge in [-0.15, -0.1) is 0 Å². The monoisotopic (exact) mass is 405 g/mol. The van der Waals surface area contributed by atoms with Crippen LogP contribution in [0.4, 0.5) is 14.5 Å². The minimum Gasteiger partial charge on any atom is -0.462 e. The largest absolute Gasteiger partial charge is 0.462 e. The molecule has 2 aromatic rings. The van der Waals surface area contributed by atoms with Crippen LogP contribution in [0, 0.1) is 0 Å². The first kappa shape index (κ1) is 19.9. The highest BCUT2D eigenvalue weighted by atomic mass is 35.5. The molecule has 0 saturated carbocycles. The van der Waals surface area contributed by atoms with Crippen LogP contribution in [0.3, 0.4) is 0 Å². The summed E-state index contributed by atoms with van der Waals surface area (Å²) >= 11 is 5.79. The zero-order valence-corrected chi connectivity index (χ0v) is 15.0. The van der Waals surface area contributed by atoms with E-state index in [-0.39, 0.29) is 33.5 Å². The summed E-state index contributed by atoms with van der Waals surface area (Å²) in [7, 11) is -3.97. The molecule has 2 rings (SSSR count). The molecule has 0 heterocycles. The van der Waals surface area contributed by atoms with E-state index in [1.165, 1.54) is 30.3 Å². The predicted octanol–water partition coefficient (Wildman–Crippen LogP) is 3.92. The number of alkyl halides is 2. The van der Waals surface area contributed by atoms with E-state index in [0.717, 1.165) is 12.1 Å². The first-order valence-corrected chi connectivity index (χ1v) is 9.13. The maximum absolute atomic E-state index is 12.4. The third-order valence-electron chi connectivity index (χ3n) is 3.08. The number of hydrogen-bond acceptors (Lipinski definition) is 5. The molecule has 0 atom stereocenters. The summed E-state index contributed by atoms with van der Waals surface area (Å²) < 4.78 is 60.4. The topological polar surface area (TPSA) is 81.7 Å². The molecule has 0 aliphatic rings. The number of halogens is 3. The van der Waals surface area contributed by atoms with Crippen molar-refractivity contribution < 1.29 is 31.5 Å². The van der Waals surface area contributed by atoms with Crippen molar-refractivity contribution in [2.75, 3.05) is 11.3 Å². The van der Waals surface area contributed by atoms with Crippen molar-refractivity contribution in [3.05, 3.63) is 53.1 Å². The normalized spacial score (nSPS) is 11.3. The molecule has 0 radical (unpaired) electrons. The summed E-state index contributed by atoms with van der Waals surface area (Å²) in [6.45, 7) is -1.19. The van der Waals surface area contributed by atoms with Gasteiger partial charge in [0.2, 0.25) is 0 Å². The zero-order valence-electron chi connectivity index (χ0n) is 13.4. The van der Waals surface area contributed by atoms with Gasteiger partial charge in [0.05, 0.1) is 27.8 Å². The average molecular weight is 406 g/mol. The summed E-state index contributed by atoms with van der Waals surface area (Å²) in [6, 6.07) is 8.61. The number of nitrogens with one attached hydrogen (secondary N) is 1. The molecule has 0 bridgehead atoms. The van der Waals surface area contributed by atoms with Crippen molar-refractivity contribution >= 4 is 33.3 Å². The van der Waals surface area contributed by atoms with Crippen LogP contribution in [0.1, 0.15) is 17.3 Å². The van der Waals surface area contributed by atoms with E-state index < -0.39 is 22.6 Å². The number of carbonyl (C=O) groups is 1. The van der Waals surface area contributed by atoms with Crippen LogP contribution in [0.5, 0.6) is 5.75 Å². The summed E-state index contributed by atoms with van der Waals surface area (Å²) in [5, 5.41) is -0.178. The molecular weight excluding hydrogens is 392 g/mol. The van der Waals surface area contributed by atoms with Crippen LogP contribution in [-0.4, -0.2) is 27.6 Å². The maximum atomic E-state index is 12.4. The number of benzene rings is 2. The number of esters is 1. The summed E-state index contributed by atoms with van der Waals surface area (Å²) in [4.78, 5) is 11.5. The van der Waals surface area contributed by atoms with Crippen molar-refractivity contribution in [1.82, 2.24) is 0 Å². The Morgan fingerprint density at radius 2 is 1.85 bits per heavy atom. The van der Waals surface area contributed by atoms with Crippen LogP contribution in [0.25, 0.3) is 0 Å². The Kier molecular flexibility index (Phi) is 6.38. The zero-order chi connectivity index (χ0) is 19.3. The molecule has 140 valence electrons. The van der Waals surface area contributed by atoms with E-state index in [1.807, 2.05) is 0 Å². The minimum atomic E-state index is -3.97. The highest BCUT2D eigenvalue weighted by molar-refractivity contribution is 7.92. The smallest absolute Gasteiger partial charge is 0.387 e. The fraction of sp³-hybridized carbons (Fsp3) is 0.188. The molecular formula is C16H14ClF2NO5S. The molecule has 0 fully saturated rings. The van der Waals surface area contributed by atoms with Crippen molar-refractivity contribution in [1.29, 1.82) is 0 Å². The second kappa shape index (κ2) is 8.33. The molecule has 6 nitrogen and oxygen atoms in total. The van der Waals surface area contributed by atoms with Gasteiger partial charge in [-0.2, -0.15) is 8.78 Å². The summed E-state index contributed by atoms with van der Waals surface area (Å²) in [5.41, 5.74) is 0.272. The third kappa shape index (κ3) is 5.06. The molecule has 0 aliphatic heterocycles. The maximum Gasteiger partial charge on any atom is 0.387 e. The van der Waals surface area contributed by atoms with Crippen LogP contribution in [-0.2, 0) is 14.8 Å². The Morgan fingerprint density at radius 1 is 1.19 bits per heavy atom. The molecule has 0 unspecified atom stereocenters. The SMILES string of the molecule is CCOC(=O)c1ccc(S(=O)(=O)Nc2ccc(OC(F)F)c(Cl)c2)cc1. The lowest BCUT2D eigenvalue weighted by Crippen LogP contribution is -2.13. The third-order valence-corrected chi connectivity index (χ3v) is 4.77. The summed E-state index contributed by atoms with van der Waals surface area (Å²) in [5.74, 6) is -0.839. The number of anilines is 1. The van der Waals surface area contributed by atoms with E-state index in [0.29, 0.717) is 0 Å². The Hall–Kier alpha value is -2.39. The molecule has 1 N–H and O–H groups in total. The van der Waals surface area contributed by atoms with E-state index in [4.69, 9.17) is 16.3 Å². The van der Waals surface area contributed by atoms with Crippen LogP contribution in [0.15, 0.2) is 47.4 Å². The Bertz CT molecular complexity index is 888. The van der Waals surface area contributed by atoms with Gasteiger partial charge in [-0.1, -0.05) is 11.6 Å². The van der Waals surface area contributed by atoms with Crippen molar-refractivity contribution in [3.63, 3.8) is 0 Å². The van der Waals surface area contributed by atoms with E-state index in [9.17, 15) is 22.0 Å². The molecule has 0 amide bonds. The lowest BCUT2D eigenvalue weighted by Gasteiger charge is -2.11. The lowest BCUT2D eigenvalue weighted by molar-refractivity contribution is -0.0497. The Balaban J connectivity index is 2.18. The van der Waals surface area contributed by atoms with Gasteiger partial charge in [-0.3, -0.25) is 4.72 Å². The second-order valence-corrected chi connectivity index (χ2v) is 6.96. The van der Waals surface area contributed by atoms with Gasteiger partial charge < -0.3 is 9.47 Å². The first-order chi connectivity index (χ1) is 12.2. The van der Waals surface area contributed by atoms with Gasteiger partial charge in [0.15, 0.2) is 0 Å². The average Bonchev–Trinajstić information content (AvgIpc) is 2.57. The number of ether oxygens (including phenoxy) is 2. The van der Waals surface area contributed by atoms with Gasteiger partial charge in [-0.05, 0) is 49.4 Å². The van der Waals surface area contributed by atoms with E-state index >= 15 is 0 Å². The van der Waals surface area contributed by atoms with Gasteiger partial charge >= 0.3 is 12.6 Å². The summed E-state index contributed by atoms with van der Waals surface area (Å²) in [6.07, 6.45) is 0. The van der Waals surface area contributed by atoms with Gasteiger partial charge in [0.1, 0.15) is 5.75 Å². The van der Waals surface area contributed by atoms with Crippen LogP contribution < -0.4 is 9.46 Å². The van der Waals surface area contributed by atoms with Crippen LogP contribution in [0.2, 0.25) is 5.02 Å². The highest BCUT2D eigenvalue weighted by Crippen LogP contribution is 2.30. The number of carbonyl (C=O) groups excluding carboxylic acids is 1. The van der Waals surface area contributed by atoms with Crippen molar-refractivity contribution in [2.24, 2.45) is 0 Å². The molecule has 10 heteroatoms. The van der Waals surface area contributed by atoms with E-state index in [2.05, 4.69) is 9.46 Å². The van der Waals surface area contributed by atoms with E-state index in [1.54, 1.807) is 6.92 Å². The van der Waals surface area contributed by atoms with Crippen molar-refractivity contribution in [2.45, 2.75) is 18.4 Å². The van der Waals surface area contributed by atoms with Gasteiger partial charge in [-0.25, -0.2) is 13.2 Å². The standard InChI is InChI=1S/C16H14ClF2NO5S/c1-2-24-15(21)10-3-6-12(7-4-10)26(22,23)20-11-5-8-14(13(17)9-11)25-16(18)19/h3-9,16,20H,2H2,1H3. The number of hydrogen-bond donors (Lipinski definition) is 1. The molecule has 0 aromatic heterocycles. The van der Waals surface area contributed by atoms with Gasteiger partial charge in [0, 0.05) is 0 Å². The molecule has 0 aliphatic carbocycles. The fourth-order valence-corrected chi connectivity index (χ4v) is 3.23. The highest BCUT2D eigenvalue weighted by Gasteiger charge is 2.17. The molecule has 2 aromatic carbocycles. The molecule has 0 spiro atoms. The fourth-order valence-electron chi connectivity index (χ4n) is 1.95. The second-order valence-electron chi connectivity index (χ2n) is 4.87. The first-order valence-electron chi connectivity index (χ1n) is 7.27. The van der Waals surface area contributed by atoms with Crippen LogP contribution >= 0.6 is 11.6 Å².